The fourth-order valence-electron chi connectivity index (χ4n) is 3.58. The van der Waals surface area contributed by atoms with Gasteiger partial charge in [0.15, 0.2) is 0 Å². The van der Waals surface area contributed by atoms with Crippen molar-refractivity contribution in [1.82, 2.24) is 4.90 Å². The van der Waals surface area contributed by atoms with E-state index in [1.165, 1.54) is 28.8 Å². The number of likely N-dealkylation sites (N-methyl/N-ethyl adjacent to an activating group) is 1. The maximum Gasteiger partial charge on any atom is 0.293 e. The third kappa shape index (κ3) is 2.82. The second-order valence-electron chi connectivity index (χ2n) is 6.34. The van der Waals surface area contributed by atoms with E-state index < -0.39 is 0 Å². The number of amides is 2. The van der Waals surface area contributed by atoms with Gasteiger partial charge in [-0.3, -0.25) is 14.5 Å². The third-order valence-corrected chi connectivity index (χ3v) is 5.77. The molecule has 128 valence electrons. The fourth-order valence-corrected chi connectivity index (χ4v) is 4.47. The quantitative estimate of drug-likeness (QED) is 0.763. The lowest BCUT2D eigenvalue weighted by Gasteiger charge is -2.20. The van der Waals surface area contributed by atoms with Crippen molar-refractivity contribution in [2.24, 2.45) is 0 Å². The van der Waals surface area contributed by atoms with Crippen molar-refractivity contribution in [3.05, 3.63) is 46.9 Å². The summed E-state index contributed by atoms with van der Waals surface area (Å²) in [7, 11) is 0. The predicted molar refractivity (Wildman–Crippen MR) is 104 cm³/mol. The van der Waals surface area contributed by atoms with Crippen LogP contribution in [0.25, 0.3) is 16.8 Å². The Hall–Kier alpha value is -2.27. The van der Waals surface area contributed by atoms with Crippen LogP contribution in [0.1, 0.15) is 25.3 Å². The minimum atomic E-state index is -0.190. The van der Waals surface area contributed by atoms with Gasteiger partial charge in [0.1, 0.15) is 0 Å². The summed E-state index contributed by atoms with van der Waals surface area (Å²) in [6.45, 7) is 4.42. The van der Waals surface area contributed by atoms with E-state index in [0.717, 1.165) is 35.8 Å². The summed E-state index contributed by atoms with van der Waals surface area (Å²) in [6, 6.07) is 12.5. The molecule has 0 aliphatic carbocycles. The molecule has 0 spiro atoms. The number of benzene rings is 2. The number of fused-ring (bicyclic) bond motifs is 1. The molecule has 4 nitrogen and oxygen atoms in total. The molecule has 25 heavy (non-hydrogen) atoms. The van der Waals surface area contributed by atoms with Gasteiger partial charge in [-0.05, 0) is 54.6 Å². The Bertz CT molecular complexity index is 884. The number of imide groups is 1. The van der Waals surface area contributed by atoms with Crippen molar-refractivity contribution in [2.45, 2.75) is 19.8 Å². The van der Waals surface area contributed by atoms with E-state index in [4.69, 9.17) is 0 Å². The minimum Gasteiger partial charge on any atom is -0.371 e. The van der Waals surface area contributed by atoms with Crippen molar-refractivity contribution >= 4 is 45.4 Å². The lowest BCUT2D eigenvalue weighted by Crippen LogP contribution is -2.27. The zero-order valence-electron chi connectivity index (χ0n) is 14.2. The highest BCUT2D eigenvalue weighted by Crippen LogP contribution is 2.36. The lowest BCUT2D eigenvalue weighted by molar-refractivity contribution is -0.122. The lowest BCUT2D eigenvalue weighted by atomic mass is 10.0. The molecule has 0 aromatic heterocycles. The highest BCUT2D eigenvalue weighted by Gasteiger charge is 2.33. The molecule has 2 amide bonds. The van der Waals surface area contributed by atoms with E-state index in [2.05, 4.69) is 35.2 Å². The molecule has 2 fully saturated rings. The Labute approximate surface area is 151 Å². The van der Waals surface area contributed by atoms with Gasteiger partial charge in [0.05, 0.1) is 4.91 Å². The second kappa shape index (κ2) is 6.56. The molecular weight excluding hydrogens is 332 g/mol. The van der Waals surface area contributed by atoms with Gasteiger partial charge >= 0.3 is 0 Å². The van der Waals surface area contributed by atoms with Crippen LogP contribution >= 0.6 is 11.8 Å². The normalized spacial score (nSPS) is 19.6. The molecule has 2 aliphatic rings. The molecule has 0 radical (unpaired) electrons. The molecule has 4 rings (SSSR count). The molecule has 0 bridgehead atoms. The van der Waals surface area contributed by atoms with Gasteiger partial charge in [-0.2, -0.15) is 0 Å². The van der Waals surface area contributed by atoms with Gasteiger partial charge in [0.2, 0.25) is 0 Å². The van der Waals surface area contributed by atoms with Crippen molar-refractivity contribution in [2.75, 3.05) is 24.5 Å². The van der Waals surface area contributed by atoms with Crippen LogP contribution in [-0.2, 0) is 4.79 Å². The van der Waals surface area contributed by atoms with Gasteiger partial charge in [0.25, 0.3) is 11.1 Å². The number of anilines is 1. The van der Waals surface area contributed by atoms with Crippen LogP contribution in [0.3, 0.4) is 0 Å². The van der Waals surface area contributed by atoms with Crippen LogP contribution in [0.5, 0.6) is 0 Å². The van der Waals surface area contributed by atoms with Crippen LogP contribution in [-0.4, -0.2) is 35.7 Å². The van der Waals surface area contributed by atoms with Crippen LogP contribution in [0, 0.1) is 0 Å². The molecule has 5 heteroatoms. The molecule has 2 aromatic rings. The summed E-state index contributed by atoms with van der Waals surface area (Å²) in [5.74, 6) is -0.190. The van der Waals surface area contributed by atoms with Gasteiger partial charge < -0.3 is 4.90 Å². The fraction of sp³-hybridized carbons (Fsp3) is 0.300. The average molecular weight is 352 g/mol. The van der Waals surface area contributed by atoms with E-state index in [1.54, 1.807) is 0 Å². The first kappa shape index (κ1) is 16.2. The van der Waals surface area contributed by atoms with E-state index in [1.807, 2.05) is 19.1 Å². The van der Waals surface area contributed by atoms with Gasteiger partial charge in [0, 0.05) is 30.7 Å². The molecule has 0 unspecified atom stereocenters. The molecule has 0 saturated carbocycles. The first-order valence-electron chi connectivity index (χ1n) is 8.71. The van der Waals surface area contributed by atoms with Crippen molar-refractivity contribution in [1.29, 1.82) is 0 Å². The highest BCUT2D eigenvalue weighted by atomic mass is 32.2. The van der Waals surface area contributed by atoms with Crippen molar-refractivity contribution < 1.29 is 9.59 Å². The van der Waals surface area contributed by atoms with Crippen LogP contribution < -0.4 is 4.90 Å². The molecule has 2 saturated heterocycles. The Balaban J connectivity index is 1.79. The summed E-state index contributed by atoms with van der Waals surface area (Å²) in [5, 5.41) is 2.14. The average Bonchev–Trinajstić information content (AvgIpc) is 3.24. The Morgan fingerprint density at radius 1 is 1.04 bits per heavy atom. The summed E-state index contributed by atoms with van der Waals surface area (Å²) < 4.78 is 0. The number of nitrogens with zero attached hydrogens (tertiary/aromatic N) is 2. The third-order valence-electron chi connectivity index (χ3n) is 4.86. The first-order valence-corrected chi connectivity index (χ1v) is 9.52. The number of carbonyl (C=O) groups is 2. The zero-order chi connectivity index (χ0) is 17.4. The van der Waals surface area contributed by atoms with E-state index >= 15 is 0 Å². The minimum absolute atomic E-state index is 0.184. The molecule has 2 heterocycles. The molecule has 0 atom stereocenters. The standard InChI is InChI=1S/C20H20N2O2S/c1-2-22-19(23)18(25-20(22)24)13-14-9-10-17(21-11-5-6-12-21)16-8-4-3-7-15(14)16/h3-4,7-10,13H,2,5-6,11-12H2,1H3/b18-13+. The SMILES string of the molecule is CCN1C(=O)S/C(=C/c2ccc(N3CCCC3)c3ccccc23)C1=O. The monoisotopic (exact) mass is 352 g/mol. The molecular formula is C20H20N2O2S. The summed E-state index contributed by atoms with van der Waals surface area (Å²) in [4.78, 5) is 28.5. The maximum absolute atomic E-state index is 12.4. The smallest absolute Gasteiger partial charge is 0.293 e. The topological polar surface area (TPSA) is 40.6 Å². The van der Waals surface area contributed by atoms with Gasteiger partial charge in [-0.15, -0.1) is 0 Å². The van der Waals surface area contributed by atoms with E-state index in [-0.39, 0.29) is 11.1 Å². The number of carbonyl (C=O) groups excluding carboxylic acids is 2. The Morgan fingerprint density at radius 3 is 2.44 bits per heavy atom. The van der Waals surface area contributed by atoms with Gasteiger partial charge in [-0.1, -0.05) is 30.3 Å². The summed E-state index contributed by atoms with van der Waals surface area (Å²) in [6.07, 6.45) is 4.33. The molecule has 0 N–H and O–H groups in total. The predicted octanol–water partition coefficient (Wildman–Crippen LogP) is 4.50. The van der Waals surface area contributed by atoms with E-state index in [9.17, 15) is 9.59 Å². The summed E-state index contributed by atoms with van der Waals surface area (Å²) >= 11 is 1.03. The first-order chi connectivity index (χ1) is 12.2. The number of thioether (sulfide) groups is 1. The van der Waals surface area contributed by atoms with Crippen LogP contribution in [0.4, 0.5) is 10.5 Å². The highest BCUT2D eigenvalue weighted by molar-refractivity contribution is 8.18. The van der Waals surface area contributed by atoms with E-state index in [0.29, 0.717) is 11.4 Å². The van der Waals surface area contributed by atoms with Crippen molar-refractivity contribution in [3.63, 3.8) is 0 Å². The summed E-state index contributed by atoms with van der Waals surface area (Å²) in [5.41, 5.74) is 2.24. The van der Waals surface area contributed by atoms with Crippen LogP contribution in [0.2, 0.25) is 0 Å². The van der Waals surface area contributed by atoms with Gasteiger partial charge in [-0.25, -0.2) is 0 Å². The van der Waals surface area contributed by atoms with Crippen molar-refractivity contribution in [3.8, 4) is 0 Å². The largest absolute Gasteiger partial charge is 0.371 e. The van der Waals surface area contributed by atoms with Crippen LogP contribution in [0.15, 0.2) is 41.3 Å². The number of rotatable bonds is 3. The maximum atomic E-state index is 12.4. The molecule has 2 aliphatic heterocycles. The Kier molecular flexibility index (Phi) is 4.25. The number of hydrogen-bond acceptors (Lipinski definition) is 4. The number of hydrogen-bond donors (Lipinski definition) is 0. The zero-order valence-corrected chi connectivity index (χ0v) is 15.0. The second-order valence-corrected chi connectivity index (χ2v) is 7.33. The Morgan fingerprint density at radius 2 is 1.76 bits per heavy atom. The molecule has 2 aromatic carbocycles.